The maximum absolute atomic E-state index is 8.64. The minimum Gasteiger partial charge on any atom is -1.00 e. The summed E-state index contributed by atoms with van der Waals surface area (Å²) in [5, 5.41) is 22.8. The molecule has 0 atom stereocenters. The molecule has 32 valence electrons. The van der Waals surface area contributed by atoms with Gasteiger partial charge in [-0.2, -0.15) is 0 Å². The smallest absolute Gasteiger partial charge is 1.00 e. The molecular formula is H2BClO3Zn. The van der Waals surface area contributed by atoms with Gasteiger partial charge >= 0.3 is 26.8 Å². The molecule has 2 N–H and O–H groups in total. The molecule has 0 aromatic rings. The van der Waals surface area contributed by atoms with Gasteiger partial charge in [-0.1, -0.05) is 0 Å². The number of rotatable bonds is 0. The predicted molar refractivity (Wildman–Crippen MR) is 10.2 cm³/mol. The third-order valence-corrected chi connectivity index (χ3v) is 0. The molecule has 0 aliphatic heterocycles. The minimum absolute atomic E-state index is 0. The van der Waals surface area contributed by atoms with E-state index in [0.29, 0.717) is 0 Å². The topological polar surface area (TPSA) is 63.5 Å². The SMILES string of the molecule is [Cl-].[O-]B(O)O.[Zn+2]. The molecule has 0 aromatic carbocycles. The molecule has 0 unspecified atom stereocenters. The van der Waals surface area contributed by atoms with Crippen molar-refractivity contribution in [2.75, 3.05) is 0 Å². The number of hydrogen-bond acceptors (Lipinski definition) is 3. The van der Waals surface area contributed by atoms with Crippen molar-refractivity contribution in [2.45, 2.75) is 0 Å². The van der Waals surface area contributed by atoms with Crippen molar-refractivity contribution in [1.82, 2.24) is 0 Å². The number of halogens is 1. The van der Waals surface area contributed by atoms with Crippen LogP contribution in [0.2, 0.25) is 0 Å². The summed E-state index contributed by atoms with van der Waals surface area (Å²) in [7, 11) is -2.42. The molecule has 0 saturated heterocycles. The molecule has 0 fully saturated rings. The zero-order valence-electron chi connectivity index (χ0n) is 2.97. The van der Waals surface area contributed by atoms with Gasteiger partial charge in [-0.3, -0.25) is 0 Å². The molecule has 0 bridgehead atoms. The molecule has 6 heavy (non-hydrogen) atoms. The van der Waals surface area contributed by atoms with Gasteiger partial charge in [-0.25, -0.2) is 0 Å². The van der Waals surface area contributed by atoms with Crippen molar-refractivity contribution in [2.24, 2.45) is 0 Å². The average molecular weight is 162 g/mol. The summed E-state index contributed by atoms with van der Waals surface area (Å²) in [5.41, 5.74) is 0. The maximum Gasteiger partial charge on any atom is 2.00 e. The van der Waals surface area contributed by atoms with Gasteiger partial charge in [0.15, 0.2) is 0 Å². The van der Waals surface area contributed by atoms with Crippen molar-refractivity contribution in [3.8, 4) is 0 Å². The molecule has 3 nitrogen and oxygen atoms in total. The summed E-state index contributed by atoms with van der Waals surface area (Å²) in [6.45, 7) is 0. The largest absolute Gasteiger partial charge is 2.00 e. The van der Waals surface area contributed by atoms with Crippen molar-refractivity contribution >= 4 is 7.32 Å². The Morgan fingerprint density at radius 1 is 1.33 bits per heavy atom. The molecule has 0 radical (unpaired) electrons. The van der Waals surface area contributed by atoms with E-state index in [0.717, 1.165) is 0 Å². The van der Waals surface area contributed by atoms with Crippen molar-refractivity contribution < 1.29 is 47.0 Å². The van der Waals surface area contributed by atoms with Gasteiger partial charge in [-0.05, 0) is 0 Å². The summed E-state index contributed by atoms with van der Waals surface area (Å²) in [6.07, 6.45) is 0. The minimum atomic E-state index is -2.42. The quantitative estimate of drug-likeness (QED) is 0.348. The van der Waals surface area contributed by atoms with Crippen molar-refractivity contribution in [3.05, 3.63) is 0 Å². The van der Waals surface area contributed by atoms with E-state index in [2.05, 4.69) is 0 Å². The Morgan fingerprint density at radius 2 is 1.33 bits per heavy atom. The molecule has 0 heterocycles. The van der Waals surface area contributed by atoms with Gasteiger partial charge in [0.2, 0.25) is 0 Å². The van der Waals surface area contributed by atoms with Crippen LogP contribution in [0.1, 0.15) is 0 Å². The van der Waals surface area contributed by atoms with Crippen LogP contribution in [0.15, 0.2) is 0 Å². The Balaban J connectivity index is -0.0000000450. The average Bonchev–Trinajstić information content (AvgIpc) is 0.811. The predicted octanol–water partition coefficient (Wildman–Crippen LogP) is -5.68. The van der Waals surface area contributed by atoms with Crippen LogP contribution >= 0.6 is 0 Å². The van der Waals surface area contributed by atoms with Gasteiger partial charge in [0.05, 0.1) is 0 Å². The second-order valence-electron chi connectivity index (χ2n) is 0.326. The standard InChI is InChI=1S/BH2O3.ClH.Zn/c2-1(3)4;;/h2-3H;1H;/q-1;;+2/p-1. The monoisotopic (exact) mass is 160 g/mol. The molecule has 0 amide bonds. The molecule has 0 rings (SSSR count). The van der Waals surface area contributed by atoms with E-state index in [4.69, 9.17) is 15.1 Å². The zero-order valence-corrected chi connectivity index (χ0v) is 6.69. The van der Waals surface area contributed by atoms with Gasteiger partial charge < -0.3 is 27.5 Å². The molecule has 0 aliphatic rings. The second-order valence-corrected chi connectivity index (χ2v) is 0.326. The summed E-state index contributed by atoms with van der Waals surface area (Å²) < 4.78 is 0. The summed E-state index contributed by atoms with van der Waals surface area (Å²) in [5.74, 6) is 0. The Morgan fingerprint density at radius 3 is 1.33 bits per heavy atom. The van der Waals surface area contributed by atoms with Crippen LogP contribution in [-0.2, 0) is 19.5 Å². The molecule has 0 aliphatic carbocycles. The third-order valence-electron chi connectivity index (χ3n) is 0. The van der Waals surface area contributed by atoms with E-state index in [1.54, 1.807) is 0 Å². The van der Waals surface area contributed by atoms with E-state index >= 15 is 0 Å². The molecule has 0 saturated carbocycles. The maximum atomic E-state index is 8.64. The summed E-state index contributed by atoms with van der Waals surface area (Å²) >= 11 is 0. The van der Waals surface area contributed by atoms with Crippen LogP contribution in [0.5, 0.6) is 0 Å². The Kier molecular flexibility index (Phi) is 24.5. The Bertz CT molecular complexity index is 15.5. The zero-order chi connectivity index (χ0) is 3.58. The Labute approximate surface area is 54.7 Å². The third kappa shape index (κ3) is 98.2. The first-order valence-electron chi connectivity index (χ1n) is 0.752. The van der Waals surface area contributed by atoms with E-state index in [-0.39, 0.29) is 31.9 Å². The fourth-order valence-electron chi connectivity index (χ4n) is 0. The number of hydrogen-bond donors (Lipinski definition) is 2. The van der Waals surface area contributed by atoms with Gasteiger partial charge in [0.1, 0.15) is 0 Å². The van der Waals surface area contributed by atoms with Crippen LogP contribution < -0.4 is 17.4 Å². The van der Waals surface area contributed by atoms with E-state index in [1.165, 1.54) is 0 Å². The van der Waals surface area contributed by atoms with Crippen LogP contribution in [0, 0.1) is 0 Å². The van der Waals surface area contributed by atoms with Crippen LogP contribution in [-0.4, -0.2) is 17.4 Å². The van der Waals surface area contributed by atoms with Crippen molar-refractivity contribution in [3.63, 3.8) is 0 Å². The molecule has 0 aromatic heterocycles. The van der Waals surface area contributed by atoms with Crippen LogP contribution in [0.4, 0.5) is 0 Å². The summed E-state index contributed by atoms with van der Waals surface area (Å²) in [6, 6.07) is 0. The van der Waals surface area contributed by atoms with Crippen LogP contribution in [0.25, 0.3) is 0 Å². The first-order valence-corrected chi connectivity index (χ1v) is 0.752. The van der Waals surface area contributed by atoms with E-state index in [9.17, 15) is 0 Å². The molecular weight excluding hydrogens is 160 g/mol. The van der Waals surface area contributed by atoms with E-state index < -0.39 is 7.32 Å². The molecule has 6 heteroatoms. The molecule has 0 spiro atoms. The van der Waals surface area contributed by atoms with Crippen molar-refractivity contribution in [1.29, 1.82) is 0 Å². The Hall–Kier alpha value is 0.858. The first-order chi connectivity index (χ1) is 1.73. The fourth-order valence-corrected chi connectivity index (χ4v) is 0. The fraction of sp³-hybridized carbons (Fsp3) is 0. The van der Waals surface area contributed by atoms with Gasteiger partial charge in [-0.15, -0.1) is 0 Å². The van der Waals surface area contributed by atoms with Gasteiger partial charge in [0, 0.05) is 0 Å². The van der Waals surface area contributed by atoms with Crippen LogP contribution in [0.3, 0.4) is 0 Å². The van der Waals surface area contributed by atoms with E-state index in [1.807, 2.05) is 0 Å². The first kappa shape index (κ1) is 15.8. The van der Waals surface area contributed by atoms with Gasteiger partial charge in [0.25, 0.3) is 0 Å². The summed E-state index contributed by atoms with van der Waals surface area (Å²) in [4.78, 5) is 0. The second kappa shape index (κ2) is 9.29. The normalized spacial score (nSPS) is 4.50.